The third-order valence-electron chi connectivity index (χ3n) is 2.29. The Morgan fingerprint density at radius 3 is 2.44 bits per heavy atom. The van der Waals surface area contributed by atoms with Crippen LogP contribution in [0.15, 0.2) is 34.8 Å². The summed E-state index contributed by atoms with van der Waals surface area (Å²) >= 11 is 8.65. The molecule has 0 aliphatic carbocycles. The van der Waals surface area contributed by atoms with Crippen molar-refractivity contribution in [2.24, 2.45) is 0 Å². The van der Waals surface area contributed by atoms with Crippen LogP contribution in [-0.4, -0.2) is 0 Å². The highest BCUT2D eigenvalue weighted by Crippen LogP contribution is 2.30. The Balaban J connectivity index is 2.37. The first-order chi connectivity index (χ1) is 8.47. The van der Waals surface area contributed by atoms with Crippen molar-refractivity contribution in [3.63, 3.8) is 0 Å². The van der Waals surface area contributed by atoms with Crippen molar-refractivity contribution in [2.45, 2.75) is 0 Å². The number of nitrogens with two attached hydrogens (primary N) is 1. The van der Waals surface area contributed by atoms with E-state index in [0.717, 1.165) is 6.07 Å². The highest BCUT2D eigenvalue weighted by molar-refractivity contribution is 9.10. The minimum atomic E-state index is -0.537. The van der Waals surface area contributed by atoms with Gasteiger partial charge in [-0.1, -0.05) is 11.6 Å². The molecule has 3 N–H and O–H groups in total. The number of anilines is 3. The molecule has 0 heterocycles. The Hall–Kier alpha value is -1.33. The number of rotatable bonds is 2. The fraction of sp³-hybridized carbons (Fsp3) is 0. The molecule has 0 unspecified atom stereocenters. The number of nitrogens with one attached hydrogen (secondary N) is 1. The molecule has 0 amide bonds. The Labute approximate surface area is 116 Å². The largest absolute Gasteiger partial charge is 0.397 e. The first-order valence-corrected chi connectivity index (χ1v) is 6.11. The monoisotopic (exact) mass is 332 g/mol. The van der Waals surface area contributed by atoms with Gasteiger partial charge in [0.25, 0.3) is 0 Å². The number of halogens is 4. The molecule has 0 atom stereocenters. The zero-order chi connectivity index (χ0) is 13.3. The maximum atomic E-state index is 13.6. The maximum Gasteiger partial charge on any atom is 0.148 e. The molecule has 2 aromatic rings. The van der Waals surface area contributed by atoms with Crippen LogP contribution in [0.5, 0.6) is 0 Å². The van der Waals surface area contributed by atoms with E-state index in [1.165, 1.54) is 24.3 Å². The van der Waals surface area contributed by atoms with Gasteiger partial charge in [0.2, 0.25) is 0 Å². The van der Waals surface area contributed by atoms with Crippen molar-refractivity contribution in [3.8, 4) is 0 Å². The standard InChI is InChI=1S/C12H8BrClF2N2/c13-7-4-10(17)12(5-8(7)15)18-11-2-1-6(14)3-9(11)16/h1-5,18H,17H2. The predicted octanol–water partition coefficient (Wildman–Crippen LogP) is 4.71. The molecule has 18 heavy (non-hydrogen) atoms. The maximum absolute atomic E-state index is 13.6. The normalized spacial score (nSPS) is 10.4. The van der Waals surface area contributed by atoms with E-state index in [0.29, 0.717) is 5.69 Å². The number of hydrogen-bond donors (Lipinski definition) is 2. The van der Waals surface area contributed by atoms with Crippen LogP contribution >= 0.6 is 27.5 Å². The van der Waals surface area contributed by atoms with Gasteiger partial charge in [-0.2, -0.15) is 0 Å². The Bertz CT molecular complexity index is 605. The summed E-state index contributed by atoms with van der Waals surface area (Å²) in [4.78, 5) is 0. The lowest BCUT2D eigenvalue weighted by Crippen LogP contribution is -1.99. The van der Waals surface area contributed by atoms with Gasteiger partial charge in [-0.05, 0) is 40.2 Å². The van der Waals surface area contributed by atoms with Gasteiger partial charge in [0.1, 0.15) is 11.6 Å². The molecule has 94 valence electrons. The second-order valence-electron chi connectivity index (χ2n) is 3.60. The first kappa shape index (κ1) is 13.1. The summed E-state index contributed by atoms with van der Waals surface area (Å²) in [6.07, 6.45) is 0. The molecular formula is C12H8BrClF2N2. The Kier molecular flexibility index (Phi) is 3.73. The molecule has 0 spiro atoms. The second kappa shape index (κ2) is 5.12. The van der Waals surface area contributed by atoms with Gasteiger partial charge >= 0.3 is 0 Å². The summed E-state index contributed by atoms with van der Waals surface area (Å²) in [5.41, 5.74) is 6.48. The summed E-state index contributed by atoms with van der Waals surface area (Å²) in [6.45, 7) is 0. The molecule has 2 rings (SSSR count). The summed E-state index contributed by atoms with van der Waals surface area (Å²) in [6, 6.07) is 6.74. The van der Waals surface area contributed by atoms with Crippen LogP contribution in [0.25, 0.3) is 0 Å². The Morgan fingerprint density at radius 1 is 1.06 bits per heavy atom. The van der Waals surface area contributed by atoms with E-state index >= 15 is 0 Å². The van der Waals surface area contributed by atoms with E-state index < -0.39 is 11.6 Å². The first-order valence-electron chi connectivity index (χ1n) is 4.94. The Morgan fingerprint density at radius 2 is 1.78 bits per heavy atom. The lowest BCUT2D eigenvalue weighted by atomic mass is 10.2. The van der Waals surface area contributed by atoms with Crippen LogP contribution in [0.2, 0.25) is 5.02 Å². The smallest absolute Gasteiger partial charge is 0.148 e. The van der Waals surface area contributed by atoms with E-state index in [9.17, 15) is 8.78 Å². The van der Waals surface area contributed by atoms with Crippen LogP contribution in [0.1, 0.15) is 0 Å². The average molecular weight is 334 g/mol. The molecule has 0 saturated carbocycles. The molecule has 0 saturated heterocycles. The number of nitrogen functional groups attached to an aromatic ring is 1. The van der Waals surface area contributed by atoms with Crippen LogP contribution in [0, 0.1) is 11.6 Å². The van der Waals surface area contributed by atoms with Crippen molar-refractivity contribution in [3.05, 3.63) is 51.5 Å². The minimum Gasteiger partial charge on any atom is -0.397 e. The molecular weight excluding hydrogens is 325 g/mol. The molecule has 0 aromatic heterocycles. The quantitative estimate of drug-likeness (QED) is 0.781. The van der Waals surface area contributed by atoms with Crippen LogP contribution in [-0.2, 0) is 0 Å². The topological polar surface area (TPSA) is 38.0 Å². The molecule has 0 aliphatic rings. The summed E-state index contributed by atoms with van der Waals surface area (Å²) < 4.78 is 27.2. The van der Waals surface area contributed by atoms with Gasteiger partial charge < -0.3 is 11.1 Å². The molecule has 0 radical (unpaired) electrons. The van der Waals surface area contributed by atoms with Gasteiger partial charge in [0, 0.05) is 11.1 Å². The highest BCUT2D eigenvalue weighted by Gasteiger charge is 2.09. The minimum absolute atomic E-state index is 0.174. The second-order valence-corrected chi connectivity index (χ2v) is 4.89. The third-order valence-corrected chi connectivity index (χ3v) is 3.14. The van der Waals surface area contributed by atoms with Gasteiger partial charge in [0.05, 0.1) is 21.5 Å². The van der Waals surface area contributed by atoms with Crippen LogP contribution < -0.4 is 11.1 Å². The van der Waals surface area contributed by atoms with Gasteiger partial charge in [-0.25, -0.2) is 8.78 Å². The molecule has 0 aliphatic heterocycles. The molecule has 2 nitrogen and oxygen atoms in total. The molecule has 2 aromatic carbocycles. The van der Waals surface area contributed by atoms with Crippen molar-refractivity contribution < 1.29 is 8.78 Å². The van der Waals surface area contributed by atoms with Crippen molar-refractivity contribution in [1.29, 1.82) is 0 Å². The predicted molar refractivity (Wildman–Crippen MR) is 73.2 cm³/mol. The zero-order valence-electron chi connectivity index (χ0n) is 8.98. The van der Waals surface area contributed by atoms with Crippen molar-refractivity contribution in [1.82, 2.24) is 0 Å². The summed E-state index contributed by atoms with van der Waals surface area (Å²) in [7, 11) is 0. The van der Waals surface area contributed by atoms with Gasteiger partial charge in [-0.15, -0.1) is 0 Å². The summed E-state index contributed by atoms with van der Waals surface area (Å²) in [5.74, 6) is -1.02. The van der Waals surface area contributed by atoms with Gasteiger partial charge in [-0.3, -0.25) is 0 Å². The van der Waals surface area contributed by atoms with Crippen LogP contribution in [0.4, 0.5) is 25.8 Å². The van der Waals surface area contributed by atoms with Crippen LogP contribution in [0.3, 0.4) is 0 Å². The van der Waals surface area contributed by atoms with E-state index in [1.54, 1.807) is 0 Å². The highest BCUT2D eigenvalue weighted by atomic mass is 79.9. The lowest BCUT2D eigenvalue weighted by Gasteiger charge is -2.11. The fourth-order valence-electron chi connectivity index (χ4n) is 1.41. The van der Waals surface area contributed by atoms with E-state index in [4.69, 9.17) is 17.3 Å². The van der Waals surface area contributed by atoms with E-state index in [2.05, 4.69) is 21.2 Å². The number of hydrogen-bond acceptors (Lipinski definition) is 2. The molecule has 0 fully saturated rings. The summed E-state index contributed by atoms with van der Waals surface area (Å²) in [5, 5.41) is 3.00. The third kappa shape index (κ3) is 2.73. The van der Waals surface area contributed by atoms with E-state index in [1.807, 2.05) is 0 Å². The lowest BCUT2D eigenvalue weighted by molar-refractivity contribution is 0.621. The van der Waals surface area contributed by atoms with E-state index in [-0.39, 0.29) is 20.9 Å². The number of benzene rings is 2. The SMILES string of the molecule is Nc1cc(Br)c(F)cc1Nc1ccc(Cl)cc1F. The average Bonchev–Trinajstić information content (AvgIpc) is 2.29. The zero-order valence-corrected chi connectivity index (χ0v) is 11.3. The van der Waals surface area contributed by atoms with Gasteiger partial charge in [0.15, 0.2) is 0 Å². The molecule has 0 bridgehead atoms. The molecule has 6 heteroatoms. The van der Waals surface area contributed by atoms with Crippen molar-refractivity contribution >= 4 is 44.6 Å². The van der Waals surface area contributed by atoms with Crippen molar-refractivity contribution in [2.75, 3.05) is 11.1 Å². The fourth-order valence-corrected chi connectivity index (χ4v) is 1.93.